The van der Waals surface area contributed by atoms with Gasteiger partial charge in [0.15, 0.2) is 0 Å². The Hall–Kier alpha value is -2.07. The first-order valence-corrected chi connectivity index (χ1v) is 9.51. The van der Waals surface area contributed by atoms with Gasteiger partial charge in [-0.1, -0.05) is 60.5 Å². The van der Waals surface area contributed by atoms with Gasteiger partial charge in [-0.3, -0.25) is 0 Å². The molecule has 26 heavy (non-hydrogen) atoms. The van der Waals surface area contributed by atoms with E-state index < -0.39 is 6.09 Å². The van der Waals surface area contributed by atoms with Crippen LogP contribution in [-0.2, 0) is 11.8 Å². The number of hydrogen-bond donors (Lipinski definition) is 1. The number of halogens is 1. The monoisotopic (exact) mass is 413 g/mol. The highest BCUT2D eigenvalue weighted by Crippen LogP contribution is 2.38. The zero-order chi connectivity index (χ0) is 19.2. The van der Waals surface area contributed by atoms with Gasteiger partial charge in [0.2, 0.25) is 0 Å². The fraction of sp³-hybridized carbons (Fsp3) is 0.318. The van der Waals surface area contributed by atoms with Crippen LogP contribution in [0.4, 0.5) is 4.79 Å². The highest BCUT2D eigenvalue weighted by Gasteiger charge is 2.30. The van der Waals surface area contributed by atoms with E-state index >= 15 is 0 Å². The SMILES string of the molecule is Cc1cc(C)c2c(c1)c(Cc1ccc(Br)cc1)c(C(C)(C)C)n2C(=O)O. The zero-order valence-corrected chi connectivity index (χ0v) is 17.4. The second-order valence-electron chi connectivity index (χ2n) is 7.98. The lowest BCUT2D eigenvalue weighted by molar-refractivity contribution is 0.195. The lowest BCUT2D eigenvalue weighted by atomic mass is 9.86. The minimum Gasteiger partial charge on any atom is -0.464 e. The van der Waals surface area contributed by atoms with Gasteiger partial charge >= 0.3 is 6.09 Å². The number of aromatic nitrogens is 1. The summed E-state index contributed by atoms with van der Waals surface area (Å²) in [5.41, 5.74) is 5.80. The molecule has 136 valence electrons. The smallest absolute Gasteiger partial charge is 0.416 e. The van der Waals surface area contributed by atoms with Gasteiger partial charge in [0.1, 0.15) is 0 Å². The van der Waals surface area contributed by atoms with Gasteiger partial charge < -0.3 is 5.11 Å². The van der Waals surface area contributed by atoms with E-state index in [-0.39, 0.29) is 5.41 Å². The number of carboxylic acid groups (broad SMARTS) is 1. The van der Waals surface area contributed by atoms with Crippen LogP contribution in [-0.4, -0.2) is 15.8 Å². The second kappa shape index (κ2) is 6.58. The molecule has 0 saturated carbocycles. The largest absolute Gasteiger partial charge is 0.464 e. The van der Waals surface area contributed by atoms with Crippen molar-refractivity contribution < 1.29 is 9.90 Å². The van der Waals surface area contributed by atoms with Crippen LogP contribution < -0.4 is 0 Å². The molecular formula is C22H24BrNO2. The topological polar surface area (TPSA) is 42.2 Å². The second-order valence-corrected chi connectivity index (χ2v) is 8.89. The summed E-state index contributed by atoms with van der Waals surface area (Å²) in [6.45, 7) is 10.3. The van der Waals surface area contributed by atoms with Crippen molar-refractivity contribution >= 4 is 32.9 Å². The third kappa shape index (κ3) is 3.30. The quantitative estimate of drug-likeness (QED) is 0.525. The summed E-state index contributed by atoms with van der Waals surface area (Å²) in [5.74, 6) is 0. The minimum atomic E-state index is -0.922. The molecule has 3 rings (SSSR count). The lowest BCUT2D eigenvalue weighted by Crippen LogP contribution is -2.23. The van der Waals surface area contributed by atoms with E-state index in [1.54, 1.807) is 0 Å². The van der Waals surface area contributed by atoms with Crippen molar-refractivity contribution in [1.82, 2.24) is 4.57 Å². The van der Waals surface area contributed by atoms with Gasteiger partial charge in [-0.25, -0.2) is 9.36 Å². The van der Waals surface area contributed by atoms with Crippen LogP contribution in [0.3, 0.4) is 0 Å². The molecule has 0 saturated heterocycles. The van der Waals surface area contributed by atoms with Gasteiger partial charge in [-0.05, 0) is 55.2 Å². The maximum Gasteiger partial charge on any atom is 0.416 e. The number of benzene rings is 2. The summed E-state index contributed by atoms with van der Waals surface area (Å²) in [6.07, 6.45) is -0.214. The zero-order valence-electron chi connectivity index (χ0n) is 15.9. The van der Waals surface area contributed by atoms with Gasteiger partial charge in [0, 0.05) is 21.0 Å². The van der Waals surface area contributed by atoms with Crippen LogP contribution in [0.25, 0.3) is 10.9 Å². The molecule has 1 N–H and O–H groups in total. The van der Waals surface area contributed by atoms with E-state index in [4.69, 9.17) is 0 Å². The molecule has 2 aromatic carbocycles. The average Bonchev–Trinajstić information content (AvgIpc) is 2.84. The molecule has 0 amide bonds. The van der Waals surface area contributed by atoms with Gasteiger partial charge in [0.25, 0.3) is 0 Å². The molecule has 0 aliphatic heterocycles. The third-order valence-electron chi connectivity index (χ3n) is 4.70. The fourth-order valence-corrected chi connectivity index (χ4v) is 4.09. The number of carbonyl (C=O) groups is 1. The molecule has 0 aliphatic rings. The number of nitrogens with zero attached hydrogens (tertiary/aromatic N) is 1. The Morgan fingerprint density at radius 2 is 1.73 bits per heavy atom. The van der Waals surface area contributed by atoms with Crippen LogP contribution in [0.1, 0.15) is 48.7 Å². The predicted octanol–water partition coefficient (Wildman–Crippen LogP) is 6.44. The summed E-state index contributed by atoms with van der Waals surface area (Å²) in [5, 5.41) is 11.0. The van der Waals surface area contributed by atoms with Crippen molar-refractivity contribution in [2.45, 2.75) is 46.5 Å². The molecular weight excluding hydrogens is 390 g/mol. The van der Waals surface area contributed by atoms with Gasteiger partial charge in [0.05, 0.1) is 5.52 Å². The van der Waals surface area contributed by atoms with Gasteiger partial charge in [-0.2, -0.15) is 0 Å². The Labute approximate surface area is 162 Å². The lowest BCUT2D eigenvalue weighted by Gasteiger charge is -2.22. The Morgan fingerprint density at radius 3 is 2.27 bits per heavy atom. The van der Waals surface area contributed by atoms with E-state index in [9.17, 15) is 9.90 Å². The Bertz CT molecular complexity index is 992. The van der Waals surface area contributed by atoms with E-state index in [0.717, 1.165) is 37.8 Å². The number of hydrogen-bond acceptors (Lipinski definition) is 1. The molecule has 0 bridgehead atoms. The standard InChI is InChI=1S/C22H24BrNO2/c1-13-10-14(2)19-17(11-13)18(12-15-6-8-16(23)9-7-15)20(22(3,4)5)24(19)21(25)26/h6-11H,12H2,1-5H3,(H,25,26). The van der Waals surface area contributed by atoms with Gasteiger partial charge in [-0.15, -0.1) is 0 Å². The predicted molar refractivity (Wildman–Crippen MR) is 110 cm³/mol. The molecule has 1 aromatic heterocycles. The first-order valence-electron chi connectivity index (χ1n) is 8.72. The molecule has 4 heteroatoms. The van der Waals surface area contributed by atoms with Crippen LogP contribution in [0.15, 0.2) is 40.9 Å². The Kier molecular flexibility index (Phi) is 4.74. The highest BCUT2D eigenvalue weighted by molar-refractivity contribution is 9.10. The van der Waals surface area contributed by atoms with Crippen LogP contribution >= 0.6 is 15.9 Å². The van der Waals surface area contributed by atoms with E-state index in [2.05, 4.69) is 67.9 Å². The molecule has 1 heterocycles. The first kappa shape index (κ1) is 18.7. The minimum absolute atomic E-state index is 0.289. The first-order chi connectivity index (χ1) is 12.1. The Balaban J connectivity index is 2.38. The Morgan fingerprint density at radius 1 is 1.12 bits per heavy atom. The van der Waals surface area contributed by atoms with Crippen molar-refractivity contribution in [1.29, 1.82) is 0 Å². The normalized spacial score (nSPS) is 11.9. The molecule has 0 fully saturated rings. The molecule has 0 radical (unpaired) electrons. The van der Waals surface area contributed by atoms with E-state index in [1.165, 1.54) is 10.1 Å². The van der Waals surface area contributed by atoms with Crippen molar-refractivity contribution in [3.8, 4) is 0 Å². The van der Waals surface area contributed by atoms with E-state index in [1.807, 2.05) is 19.1 Å². The average molecular weight is 414 g/mol. The number of fused-ring (bicyclic) bond motifs is 1. The van der Waals surface area contributed by atoms with E-state index in [0.29, 0.717) is 6.42 Å². The van der Waals surface area contributed by atoms with Crippen molar-refractivity contribution in [2.75, 3.05) is 0 Å². The maximum atomic E-state index is 12.2. The summed E-state index contributed by atoms with van der Waals surface area (Å²) in [6, 6.07) is 12.4. The third-order valence-corrected chi connectivity index (χ3v) is 5.23. The van der Waals surface area contributed by atoms with Crippen LogP contribution in [0, 0.1) is 13.8 Å². The summed E-state index contributed by atoms with van der Waals surface area (Å²) >= 11 is 3.48. The number of aryl methyl sites for hydroxylation is 2. The molecule has 0 atom stereocenters. The molecule has 0 spiro atoms. The van der Waals surface area contributed by atoms with Crippen molar-refractivity contribution in [3.05, 3.63) is 68.8 Å². The molecule has 3 aromatic rings. The maximum absolute atomic E-state index is 12.2. The van der Waals surface area contributed by atoms with Crippen molar-refractivity contribution in [3.63, 3.8) is 0 Å². The highest BCUT2D eigenvalue weighted by atomic mass is 79.9. The summed E-state index contributed by atoms with van der Waals surface area (Å²) < 4.78 is 2.54. The van der Waals surface area contributed by atoms with Crippen LogP contribution in [0.2, 0.25) is 0 Å². The summed E-state index contributed by atoms with van der Waals surface area (Å²) in [4.78, 5) is 12.2. The number of rotatable bonds is 2. The van der Waals surface area contributed by atoms with Crippen molar-refractivity contribution in [2.24, 2.45) is 0 Å². The summed E-state index contributed by atoms with van der Waals surface area (Å²) in [7, 11) is 0. The van der Waals surface area contributed by atoms with Crippen LogP contribution in [0.5, 0.6) is 0 Å². The fourth-order valence-electron chi connectivity index (χ4n) is 3.83. The molecule has 0 unspecified atom stereocenters. The molecule has 3 nitrogen and oxygen atoms in total. The molecule has 0 aliphatic carbocycles.